The number of hydrogen-bond acceptors (Lipinski definition) is 4. The van der Waals surface area contributed by atoms with Gasteiger partial charge in [-0.2, -0.15) is 0 Å². The number of carbonyl (C=O) groups is 2. The summed E-state index contributed by atoms with van der Waals surface area (Å²) in [6, 6.07) is 5.94. The maximum atomic E-state index is 12.0. The Balaban J connectivity index is 2.69. The SMILES string of the molecule is CCCC[C@H](NC(=O)c1ccc(N)cc1)C(=O)OC. The first kappa shape index (κ1) is 15.0. The van der Waals surface area contributed by atoms with Gasteiger partial charge in [0.25, 0.3) is 5.91 Å². The predicted molar refractivity (Wildman–Crippen MR) is 73.6 cm³/mol. The van der Waals surface area contributed by atoms with Crippen molar-refractivity contribution in [1.29, 1.82) is 0 Å². The van der Waals surface area contributed by atoms with Crippen LogP contribution in [0.25, 0.3) is 0 Å². The lowest BCUT2D eigenvalue weighted by molar-refractivity contribution is -0.143. The minimum atomic E-state index is -0.602. The van der Waals surface area contributed by atoms with Crippen LogP contribution in [-0.4, -0.2) is 25.0 Å². The molecule has 5 heteroatoms. The zero-order valence-corrected chi connectivity index (χ0v) is 11.3. The number of anilines is 1. The van der Waals surface area contributed by atoms with E-state index in [0.29, 0.717) is 17.7 Å². The molecule has 3 N–H and O–H groups in total. The predicted octanol–water partition coefficient (Wildman–Crippen LogP) is 1.73. The van der Waals surface area contributed by atoms with Crippen molar-refractivity contribution in [2.45, 2.75) is 32.2 Å². The van der Waals surface area contributed by atoms with E-state index < -0.39 is 12.0 Å². The van der Waals surface area contributed by atoms with Crippen molar-refractivity contribution in [1.82, 2.24) is 5.32 Å². The Kier molecular flexibility index (Phi) is 5.85. The number of nitrogens with two attached hydrogens (primary N) is 1. The van der Waals surface area contributed by atoms with Crippen molar-refractivity contribution in [2.75, 3.05) is 12.8 Å². The first-order valence-electron chi connectivity index (χ1n) is 6.32. The third-order valence-corrected chi connectivity index (χ3v) is 2.81. The standard InChI is InChI=1S/C14H20N2O3/c1-3-4-5-12(14(18)19-2)16-13(17)10-6-8-11(15)9-7-10/h6-9,12H,3-5,15H2,1-2H3,(H,16,17)/t12-/m0/s1. The molecule has 0 saturated heterocycles. The van der Waals surface area contributed by atoms with Crippen LogP contribution in [0.4, 0.5) is 5.69 Å². The molecule has 0 radical (unpaired) electrons. The summed E-state index contributed by atoms with van der Waals surface area (Å²) in [5.41, 5.74) is 6.62. The number of hydrogen-bond donors (Lipinski definition) is 2. The minimum absolute atomic E-state index is 0.300. The van der Waals surface area contributed by atoms with Gasteiger partial charge in [-0.05, 0) is 30.7 Å². The fraction of sp³-hybridized carbons (Fsp3) is 0.429. The number of amides is 1. The third kappa shape index (κ3) is 4.62. The lowest BCUT2D eigenvalue weighted by Gasteiger charge is -2.16. The number of esters is 1. The van der Waals surface area contributed by atoms with E-state index in [2.05, 4.69) is 5.32 Å². The molecule has 1 aromatic rings. The molecule has 0 aliphatic carbocycles. The van der Waals surface area contributed by atoms with Gasteiger partial charge in [-0.25, -0.2) is 4.79 Å². The molecule has 0 unspecified atom stereocenters. The van der Waals surface area contributed by atoms with Gasteiger partial charge >= 0.3 is 5.97 Å². The largest absolute Gasteiger partial charge is 0.467 e. The van der Waals surface area contributed by atoms with Crippen molar-refractivity contribution >= 4 is 17.6 Å². The van der Waals surface area contributed by atoms with E-state index in [4.69, 9.17) is 10.5 Å². The zero-order chi connectivity index (χ0) is 14.3. The van der Waals surface area contributed by atoms with Gasteiger partial charge in [0.05, 0.1) is 7.11 Å². The van der Waals surface area contributed by atoms with Crippen LogP contribution >= 0.6 is 0 Å². The maximum Gasteiger partial charge on any atom is 0.328 e. The average Bonchev–Trinajstić information content (AvgIpc) is 2.43. The molecule has 0 spiro atoms. The molecule has 1 amide bonds. The second-order valence-corrected chi connectivity index (χ2v) is 4.31. The monoisotopic (exact) mass is 264 g/mol. The Morgan fingerprint density at radius 2 is 1.95 bits per heavy atom. The Morgan fingerprint density at radius 1 is 1.32 bits per heavy atom. The molecule has 0 bridgehead atoms. The fourth-order valence-corrected chi connectivity index (χ4v) is 1.68. The molecule has 1 atom stereocenters. The number of ether oxygens (including phenoxy) is 1. The second-order valence-electron chi connectivity index (χ2n) is 4.31. The minimum Gasteiger partial charge on any atom is -0.467 e. The quantitative estimate of drug-likeness (QED) is 0.605. The molecular weight excluding hydrogens is 244 g/mol. The van der Waals surface area contributed by atoms with E-state index in [9.17, 15) is 9.59 Å². The van der Waals surface area contributed by atoms with Gasteiger partial charge < -0.3 is 15.8 Å². The van der Waals surface area contributed by atoms with E-state index in [-0.39, 0.29) is 5.91 Å². The lowest BCUT2D eigenvalue weighted by atomic mass is 10.1. The topological polar surface area (TPSA) is 81.4 Å². The van der Waals surface area contributed by atoms with E-state index in [1.165, 1.54) is 7.11 Å². The number of nitrogen functional groups attached to an aromatic ring is 1. The Morgan fingerprint density at radius 3 is 2.47 bits per heavy atom. The average molecular weight is 264 g/mol. The highest BCUT2D eigenvalue weighted by molar-refractivity contribution is 5.97. The number of benzene rings is 1. The van der Waals surface area contributed by atoms with Crippen molar-refractivity contribution in [3.05, 3.63) is 29.8 Å². The van der Waals surface area contributed by atoms with Gasteiger partial charge in [-0.15, -0.1) is 0 Å². The molecule has 0 aromatic heterocycles. The molecule has 0 fully saturated rings. The normalized spacial score (nSPS) is 11.7. The zero-order valence-electron chi connectivity index (χ0n) is 11.3. The fourth-order valence-electron chi connectivity index (χ4n) is 1.68. The molecule has 0 aliphatic heterocycles. The molecule has 19 heavy (non-hydrogen) atoms. The molecule has 104 valence electrons. The molecule has 0 heterocycles. The molecule has 0 aliphatic rings. The van der Waals surface area contributed by atoms with Gasteiger partial charge in [0.2, 0.25) is 0 Å². The molecule has 1 rings (SSSR count). The summed E-state index contributed by atoms with van der Waals surface area (Å²) in [6.07, 6.45) is 2.37. The second kappa shape index (κ2) is 7.41. The number of rotatable bonds is 6. The Bertz CT molecular complexity index is 429. The van der Waals surface area contributed by atoms with Crippen LogP contribution in [0.1, 0.15) is 36.5 Å². The highest BCUT2D eigenvalue weighted by atomic mass is 16.5. The van der Waals surface area contributed by atoms with Crippen LogP contribution < -0.4 is 11.1 Å². The third-order valence-electron chi connectivity index (χ3n) is 2.81. The van der Waals surface area contributed by atoms with Gasteiger partial charge in [0.15, 0.2) is 0 Å². The highest BCUT2D eigenvalue weighted by Crippen LogP contribution is 2.08. The van der Waals surface area contributed by atoms with E-state index in [0.717, 1.165) is 12.8 Å². The van der Waals surface area contributed by atoms with Crippen molar-refractivity contribution in [3.8, 4) is 0 Å². The maximum absolute atomic E-state index is 12.0. The first-order valence-corrected chi connectivity index (χ1v) is 6.32. The van der Waals surface area contributed by atoms with Crippen LogP contribution in [0.5, 0.6) is 0 Å². The summed E-state index contributed by atoms with van der Waals surface area (Å²) in [4.78, 5) is 23.6. The summed E-state index contributed by atoms with van der Waals surface area (Å²) in [7, 11) is 1.32. The van der Waals surface area contributed by atoms with Gasteiger partial charge in [-0.3, -0.25) is 4.79 Å². The molecule has 0 saturated carbocycles. The summed E-state index contributed by atoms with van der Waals surface area (Å²) in [5, 5.41) is 2.68. The number of methoxy groups -OCH3 is 1. The molecule has 1 aromatic carbocycles. The van der Waals surface area contributed by atoms with E-state index in [1.807, 2.05) is 6.92 Å². The van der Waals surface area contributed by atoms with Crippen LogP contribution in [-0.2, 0) is 9.53 Å². The molecule has 5 nitrogen and oxygen atoms in total. The van der Waals surface area contributed by atoms with Crippen LogP contribution in [0.3, 0.4) is 0 Å². The number of nitrogens with one attached hydrogen (secondary N) is 1. The highest BCUT2D eigenvalue weighted by Gasteiger charge is 2.21. The summed E-state index contributed by atoms with van der Waals surface area (Å²) in [5.74, 6) is -0.719. The van der Waals surface area contributed by atoms with Crippen molar-refractivity contribution in [2.24, 2.45) is 0 Å². The van der Waals surface area contributed by atoms with E-state index >= 15 is 0 Å². The van der Waals surface area contributed by atoms with Gasteiger partial charge in [0.1, 0.15) is 6.04 Å². The lowest BCUT2D eigenvalue weighted by Crippen LogP contribution is -2.41. The Labute approximate surface area is 113 Å². The van der Waals surface area contributed by atoms with Gasteiger partial charge in [-0.1, -0.05) is 19.8 Å². The van der Waals surface area contributed by atoms with E-state index in [1.54, 1.807) is 24.3 Å². The van der Waals surface area contributed by atoms with Crippen LogP contribution in [0.15, 0.2) is 24.3 Å². The Hall–Kier alpha value is -2.04. The van der Waals surface area contributed by atoms with Crippen LogP contribution in [0.2, 0.25) is 0 Å². The van der Waals surface area contributed by atoms with Crippen molar-refractivity contribution < 1.29 is 14.3 Å². The first-order chi connectivity index (χ1) is 9.08. The van der Waals surface area contributed by atoms with Crippen molar-refractivity contribution in [3.63, 3.8) is 0 Å². The number of unbranched alkanes of at least 4 members (excludes halogenated alkanes) is 1. The smallest absolute Gasteiger partial charge is 0.328 e. The van der Waals surface area contributed by atoms with Gasteiger partial charge in [0, 0.05) is 11.3 Å². The summed E-state index contributed by atoms with van der Waals surface area (Å²) in [6.45, 7) is 2.02. The number of carbonyl (C=O) groups excluding carboxylic acids is 2. The molecular formula is C14H20N2O3. The summed E-state index contributed by atoms with van der Waals surface area (Å²) >= 11 is 0. The van der Waals surface area contributed by atoms with Crippen LogP contribution in [0, 0.1) is 0 Å². The summed E-state index contributed by atoms with van der Waals surface area (Å²) < 4.78 is 4.69.